The van der Waals surface area contributed by atoms with Crippen LogP contribution in [0.15, 0.2) is 29.3 Å². The molecule has 0 atom stereocenters. The second kappa shape index (κ2) is 10.8. The number of hydrogen-bond acceptors (Lipinski definition) is 3. The van der Waals surface area contributed by atoms with E-state index in [1.807, 2.05) is 0 Å². The Hall–Kier alpha value is -2.08. The van der Waals surface area contributed by atoms with Crippen molar-refractivity contribution in [3.05, 3.63) is 35.4 Å². The first-order chi connectivity index (χ1) is 12.6. The molecule has 6 heteroatoms. The monoisotopic (exact) mass is 359 g/mol. The van der Waals surface area contributed by atoms with Crippen LogP contribution in [0.4, 0.5) is 0 Å². The second-order valence-electron chi connectivity index (χ2n) is 6.84. The van der Waals surface area contributed by atoms with Crippen molar-refractivity contribution in [1.29, 1.82) is 0 Å². The molecule has 2 rings (SSSR count). The lowest BCUT2D eigenvalue weighted by molar-refractivity contribution is -0.119. The van der Waals surface area contributed by atoms with Gasteiger partial charge in [0.2, 0.25) is 5.91 Å². The summed E-state index contributed by atoms with van der Waals surface area (Å²) in [5.41, 5.74) is 7.96. The summed E-state index contributed by atoms with van der Waals surface area (Å²) in [6, 6.07) is 9.18. The first-order valence-electron chi connectivity index (χ1n) is 9.74. The number of aliphatic imine (C=N–C) groups is 1. The Morgan fingerprint density at radius 3 is 2.42 bits per heavy atom. The lowest BCUT2D eigenvalue weighted by atomic mass is 10.1. The number of piperidine rings is 1. The summed E-state index contributed by atoms with van der Waals surface area (Å²) in [4.78, 5) is 17.9. The van der Waals surface area contributed by atoms with Gasteiger partial charge >= 0.3 is 0 Å². The summed E-state index contributed by atoms with van der Waals surface area (Å²) < 4.78 is 0. The van der Waals surface area contributed by atoms with Crippen molar-refractivity contribution in [2.75, 3.05) is 32.7 Å². The van der Waals surface area contributed by atoms with Gasteiger partial charge in [0.1, 0.15) is 0 Å². The molecule has 1 aliphatic rings. The normalized spacial score (nSPS) is 16.5. The lowest BCUT2D eigenvalue weighted by Gasteiger charge is -2.32. The summed E-state index contributed by atoms with van der Waals surface area (Å²) in [5.74, 6) is 0.629. The van der Waals surface area contributed by atoms with Gasteiger partial charge in [0.15, 0.2) is 5.96 Å². The molecule has 4 N–H and O–H groups in total. The topological polar surface area (TPSA) is 82.8 Å². The third-order valence-corrected chi connectivity index (χ3v) is 4.75. The number of aryl methyl sites for hydroxylation is 1. The molecule has 0 saturated carbocycles. The van der Waals surface area contributed by atoms with Crippen LogP contribution in [-0.2, 0) is 17.6 Å². The van der Waals surface area contributed by atoms with Crippen molar-refractivity contribution in [3.8, 4) is 0 Å². The van der Waals surface area contributed by atoms with Gasteiger partial charge in [0, 0.05) is 32.2 Å². The number of primary amides is 1. The number of guanidine groups is 1. The van der Waals surface area contributed by atoms with E-state index in [0.717, 1.165) is 57.8 Å². The number of nitrogens with two attached hydrogens (primary N) is 1. The predicted molar refractivity (Wildman–Crippen MR) is 107 cm³/mol. The van der Waals surface area contributed by atoms with E-state index in [2.05, 4.69) is 53.6 Å². The molecule has 0 bridgehead atoms. The van der Waals surface area contributed by atoms with Gasteiger partial charge in [-0.25, -0.2) is 0 Å². The van der Waals surface area contributed by atoms with Crippen LogP contribution in [0.2, 0.25) is 0 Å². The molecule has 1 aromatic rings. The van der Waals surface area contributed by atoms with E-state index in [4.69, 9.17) is 10.7 Å². The van der Waals surface area contributed by atoms with Crippen molar-refractivity contribution in [2.45, 2.75) is 45.6 Å². The zero-order chi connectivity index (χ0) is 18.8. The lowest BCUT2D eigenvalue weighted by Crippen LogP contribution is -2.49. The molecule has 1 heterocycles. The molecule has 0 radical (unpaired) electrons. The van der Waals surface area contributed by atoms with Gasteiger partial charge in [0.25, 0.3) is 0 Å². The van der Waals surface area contributed by atoms with E-state index in [1.54, 1.807) is 0 Å². The summed E-state index contributed by atoms with van der Waals surface area (Å²) >= 11 is 0. The molecule has 1 fully saturated rings. The molecular formula is C20H33N5O. The largest absolute Gasteiger partial charge is 0.369 e. The van der Waals surface area contributed by atoms with Crippen LogP contribution >= 0.6 is 0 Å². The van der Waals surface area contributed by atoms with Gasteiger partial charge in [-0.15, -0.1) is 0 Å². The number of hydrogen-bond donors (Lipinski definition) is 3. The van der Waals surface area contributed by atoms with E-state index < -0.39 is 0 Å². The predicted octanol–water partition coefficient (Wildman–Crippen LogP) is 1.30. The highest BCUT2D eigenvalue weighted by molar-refractivity contribution is 5.80. The number of amides is 1. The fourth-order valence-electron chi connectivity index (χ4n) is 3.21. The third-order valence-electron chi connectivity index (χ3n) is 4.75. The number of rotatable bonds is 8. The van der Waals surface area contributed by atoms with Gasteiger partial charge < -0.3 is 16.4 Å². The molecule has 1 amide bonds. The average Bonchev–Trinajstić information content (AvgIpc) is 2.63. The van der Waals surface area contributed by atoms with Crippen molar-refractivity contribution < 1.29 is 4.79 Å². The van der Waals surface area contributed by atoms with E-state index in [9.17, 15) is 4.79 Å². The van der Waals surface area contributed by atoms with Gasteiger partial charge in [0.05, 0.1) is 6.54 Å². The minimum atomic E-state index is -0.252. The zero-order valence-electron chi connectivity index (χ0n) is 16.1. The third kappa shape index (κ3) is 7.04. The maximum atomic E-state index is 11.0. The van der Waals surface area contributed by atoms with Crippen molar-refractivity contribution in [3.63, 3.8) is 0 Å². The second-order valence-corrected chi connectivity index (χ2v) is 6.84. The maximum absolute atomic E-state index is 11.0. The number of benzene rings is 1. The van der Waals surface area contributed by atoms with Crippen LogP contribution in [0.25, 0.3) is 0 Å². The number of carbonyl (C=O) groups is 1. The Morgan fingerprint density at radius 1 is 1.19 bits per heavy atom. The number of nitrogens with one attached hydrogen (secondary N) is 2. The minimum Gasteiger partial charge on any atom is -0.369 e. The highest BCUT2D eigenvalue weighted by atomic mass is 16.1. The van der Waals surface area contributed by atoms with E-state index in [0.29, 0.717) is 12.6 Å². The highest BCUT2D eigenvalue weighted by Gasteiger charge is 2.20. The highest BCUT2D eigenvalue weighted by Crippen LogP contribution is 2.10. The first kappa shape index (κ1) is 20.2. The molecule has 0 aromatic heterocycles. The first-order valence-corrected chi connectivity index (χ1v) is 9.74. The molecule has 26 heavy (non-hydrogen) atoms. The summed E-state index contributed by atoms with van der Waals surface area (Å²) in [5, 5.41) is 6.86. The fraction of sp³-hybridized carbons (Fsp3) is 0.600. The van der Waals surface area contributed by atoms with Crippen molar-refractivity contribution >= 4 is 11.9 Å². The molecular weight excluding hydrogens is 326 g/mol. The van der Waals surface area contributed by atoms with Crippen molar-refractivity contribution in [1.82, 2.24) is 15.5 Å². The molecule has 6 nitrogen and oxygen atoms in total. The SMILES string of the molecule is CCNC(=NCCc1ccc(CC)cc1)NC1CCN(CC(N)=O)CC1. The summed E-state index contributed by atoms with van der Waals surface area (Å²) in [6.07, 6.45) is 4.01. The molecule has 1 saturated heterocycles. The standard InChI is InChI=1S/C20H33N5O/c1-3-16-5-7-17(8-6-16)9-12-23-20(22-4-2)24-18-10-13-25(14-11-18)15-19(21)26/h5-8,18H,3-4,9-15H2,1-2H3,(H2,21,26)(H2,22,23,24). The minimum absolute atomic E-state index is 0.252. The van der Waals surface area contributed by atoms with Crippen LogP contribution in [0, 0.1) is 0 Å². The van der Waals surface area contributed by atoms with Gasteiger partial charge in [-0.3, -0.25) is 14.7 Å². The van der Waals surface area contributed by atoms with E-state index in [1.165, 1.54) is 11.1 Å². The Bertz CT molecular complexity index is 576. The van der Waals surface area contributed by atoms with E-state index >= 15 is 0 Å². The van der Waals surface area contributed by atoms with Gasteiger partial charge in [-0.2, -0.15) is 0 Å². The molecule has 0 aliphatic carbocycles. The molecule has 0 spiro atoms. The Morgan fingerprint density at radius 2 is 1.85 bits per heavy atom. The van der Waals surface area contributed by atoms with Crippen LogP contribution in [0.1, 0.15) is 37.8 Å². The molecule has 144 valence electrons. The van der Waals surface area contributed by atoms with Crippen LogP contribution in [0.5, 0.6) is 0 Å². The molecule has 1 aromatic carbocycles. The maximum Gasteiger partial charge on any atom is 0.231 e. The Kier molecular flexibility index (Phi) is 8.41. The van der Waals surface area contributed by atoms with Crippen LogP contribution in [-0.4, -0.2) is 55.5 Å². The van der Waals surface area contributed by atoms with Gasteiger partial charge in [-0.05, 0) is 43.7 Å². The van der Waals surface area contributed by atoms with Crippen molar-refractivity contribution in [2.24, 2.45) is 10.7 Å². The average molecular weight is 360 g/mol. The summed E-state index contributed by atoms with van der Waals surface area (Å²) in [6.45, 7) is 8.01. The quantitative estimate of drug-likeness (QED) is 0.483. The zero-order valence-corrected chi connectivity index (χ0v) is 16.1. The Labute approximate surface area is 157 Å². The van der Waals surface area contributed by atoms with Crippen LogP contribution < -0.4 is 16.4 Å². The molecule has 0 unspecified atom stereocenters. The Balaban J connectivity index is 1.79. The van der Waals surface area contributed by atoms with Crippen LogP contribution in [0.3, 0.4) is 0 Å². The smallest absolute Gasteiger partial charge is 0.231 e. The fourth-order valence-corrected chi connectivity index (χ4v) is 3.21. The number of nitrogens with zero attached hydrogens (tertiary/aromatic N) is 2. The number of likely N-dealkylation sites (tertiary alicyclic amines) is 1. The molecule has 1 aliphatic heterocycles. The number of carbonyl (C=O) groups excluding carboxylic acids is 1. The van der Waals surface area contributed by atoms with Gasteiger partial charge in [-0.1, -0.05) is 31.2 Å². The summed E-state index contributed by atoms with van der Waals surface area (Å²) in [7, 11) is 0. The van der Waals surface area contributed by atoms with E-state index in [-0.39, 0.29) is 5.91 Å².